The molecule has 0 unspecified atom stereocenters. The predicted octanol–water partition coefficient (Wildman–Crippen LogP) is 3.02. The molecule has 0 aliphatic heterocycles. The van der Waals surface area contributed by atoms with Crippen LogP contribution in [-0.2, 0) is 0 Å². The summed E-state index contributed by atoms with van der Waals surface area (Å²) in [4.78, 5) is 1.30. The van der Waals surface area contributed by atoms with Gasteiger partial charge in [-0.05, 0) is 30.2 Å². The van der Waals surface area contributed by atoms with Crippen molar-refractivity contribution in [1.29, 1.82) is 0 Å². The van der Waals surface area contributed by atoms with Gasteiger partial charge in [0.05, 0.1) is 0 Å². The second-order valence-electron chi connectivity index (χ2n) is 3.27. The van der Waals surface area contributed by atoms with E-state index < -0.39 is 0 Å². The van der Waals surface area contributed by atoms with E-state index in [-0.39, 0.29) is 0 Å². The van der Waals surface area contributed by atoms with Crippen molar-refractivity contribution in [1.82, 2.24) is 0 Å². The number of anilines is 1. The highest BCUT2D eigenvalue weighted by Gasteiger charge is 1.96. The molecule has 0 amide bonds. The van der Waals surface area contributed by atoms with Gasteiger partial charge in [0, 0.05) is 16.3 Å². The zero-order valence-electron chi connectivity index (χ0n) is 7.58. The first-order valence-corrected chi connectivity index (χ1v) is 5.15. The van der Waals surface area contributed by atoms with E-state index in [4.69, 9.17) is 5.73 Å². The molecule has 0 atom stereocenters. The monoisotopic (exact) mass is 181 g/mol. The second kappa shape index (κ2) is 4.41. The third-order valence-electron chi connectivity index (χ3n) is 1.46. The Kier molecular flexibility index (Phi) is 3.48. The van der Waals surface area contributed by atoms with Crippen LogP contribution in [0.15, 0.2) is 29.2 Å². The van der Waals surface area contributed by atoms with Gasteiger partial charge in [0.1, 0.15) is 0 Å². The van der Waals surface area contributed by atoms with Crippen molar-refractivity contribution in [2.45, 2.75) is 18.7 Å². The van der Waals surface area contributed by atoms with Crippen molar-refractivity contribution in [3.8, 4) is 0 Å². The zero-order chi connectivity index (χ0) is 8.97. The topological polar surface area (TPSA) is 26.0 Å². The molecule has 1 nitrogen and oxygen atoms in total. The smallest absolute Gasteiger partial charge is 0.0314 e. The average molecular weight is 181 g/mol. The summed E-state index contributed by atoms with van der Waals surface area (Å²) in [6.45, 7) is 4.45. The maximum absolute atomic E-state index is 5.57. The molecule has 0 aliphatic rings. The molecule has 12 heavy (non-hydrogen) atoms. The number of rotatable bonds is 3. The minimum absolute atomic E-state index is 0.743. The molecule has 1 aromatic rings. The fraction of sp³-hybridized carbons (Fsp3) is 0.400. The first-order valence-electron chi connectivity index (χ1n) is 4.17. The van der Waals surface area contributed by atoms with Gasteiger partial charge in [-0.2, -0.15) is 0 Å². The van der Waals surface area contributed by atoms with Gasteiger partial charge in [0.15, 0.2) is 0 Å². The van der Waals surface area contributed by atoms with Crippen molar-refractivity contribution in [3.05, 3.63) is 24.3 Å². The van der Waals surface area contributed by atoms with E-state index in [1.807, 2.05) is 23.9 Å². The Morgan fingerprint density at radius 2 is 1.83 bits per heavy atom. The number of nitrogen functional groups attached to an aromatic ring is 1. The Labute approximate surface area is 78.4 Å². The molecule has 0 fully saturated rings. The lowest BCUT2D eigenvalue weighted by molar-refractivity contribution is 0.750. The number of thioether (sulfide) groups is 1. The van der Waals surface area contributed by atoms with Crippen LogP contribution < -0.4 is 5.73 Å². The van der Waals surface area contributed by atoms with Crippen molar-refractivity contribution < 1.29 is 0 Å². The summed E-state index contributed by atoms with van der Waals surface area (Å²) >= 11 is 1.88. The van der Waals surface area contributed by atoms with Gasteiger partial charge in [-0.25, -0.2) is 0 Å². The zero-order valence-corrected chi connectivity index (χ0v) is 8.40. The highest BCUT2D eigenvalue weighted by atomic mass is 32.2. The Morgan fingerprint density at radius 1 is 1.25 bits per heavy atom. The maximum atomic E-state index is 5.57. The van der Waals surface area contributed by atoms with Crippen LogP contribution in [-0.4, -0.2) is 5.75 Å². The number of nitrogens with two attached hydrogens (primary N) is 1. The lowest BCUT2D eigenvalue weighted by Gasteiger charge is -2.04. The first kappa shape index (κ1) is 9.46. The normalized spacial score (nSPS) is 10.6. The van der Waals surface area contributed by atoms with Gasteiger partial charge in [-0.1, -0.05) is 13.8 Å². The Bertz CT molecular complexity index is 228. The molecular weight excluding hydrogens is 166 g/mol. The number of hydrogen-bond donors (Lipinski definition) is 1. The van der Waals surface area contributed by atoms with Gasteiger partial charge in [-0.3, -0.25) is 0 Å². The molecule has 1 rings (SSSR count). The van der Waals surface area contributed by atoms with Crippen LogP contribution in [0, 0.1) is 5.92 Å². The minimum atomic E-state index is 0.743. The van der Waals surface area contributed by atoms with Crippen LogP contribution in [0.25, 0.3) is 0 Å². The molecule has 1 aromatic carbocycles. The average Bonchev–Trinajstić information content (AvgIpc) is 2.03. The Balaban J connectivity index is 2.48. The van der Waals surface area contributed by atoms with Gasteiger partial charge < -0.3 is 5.73 Å². The summed E-state index contributed by atoms with van der Waals surface area (Å²) in [5.41, 5.74) is 6.41. The van der Waals surface area contributed by atoms with Crippen LogP contribution in [0.2, 0.25) is 0 Å². The van der Waals surface area contributed by atoms with E-state index in [1.54, 1.807) is 0 Å². The SMILES string of the molecule is CC(C)CSc1ccc(N)cc1. The molecule has 0 aliphatic carbocycles. The van der Waals surface area contributed by atoms with Gasteiger partial charge in [0.25, 0.3) is 0 Å². The maximum Gasteiger partial charge on any atom is 0.0314 e. The predicted molar refractivity (Wildman–Crippen MR) is 56.4 cm³/mol. The van der Waals surface area contributed by atoms with Gasteiger partial charge in [0.2, 0.25) is 0 Å². The summed E-state index contributed by atoms with van der Waals surface area (Å²) in [5.74, 6) is 1.91. The molecule has 0 heterocycles. The third-order valence-corrected chi connectivity index (χ3v) is 2.90. The first-order chi connectivity index (χ1) is 5.68. The molecule has 66 valence electrons. The van der Waals surface area contributed by atoms with E-state index >= 15 is 0 Å². The Hall–Kier alpha value is -0.630. The van der Waals surface area contributed by atoms with Gasteiger partial charge >= 0.3 is 0 Å². The molecule has 0 bridgehead atoms. The van der Waals surface area contributed by atoms with E-state index in [0.29, 0.717) is 0 Å². The molecule has 0 saturated heterocycles. The van der Waals surface area contributed by atoms with Crippen LogP contribution in [0.5, 0.6) is 0 Å². The van der Waals surface area contributed by atoms with Crippen LogP contribution in [0.4, 0.5) is 5.69 Å². The van der Waals surface area contributed by atoms with Crippen molar-refractivity contribution in [2.24, 2.45) is 5.92 Å². The van der Waals surface area contributed by atoms with Gasteiger partial charge in [-0.15, -0.1) is 11.8 Å². The van der Waals surface area contributed by atoms with E-state index in [2.05, 4.69) is 26.0 Å². The Morgan fingerprint density at radius 3 is 2.33 bits per heavy atom. The molecule has 0 radical (unpaired) electrons. The molecule has 0 aromatic heterocycles. The van der Waals surface area contributed by atoms with Crippen LogP contribution in [0.3, 0.4) is 0 Å². The highest BCUT2D eigenvalue weighted by molar-refractivity contribution is 7.99. The third kappa shape index (κ3) is 3.18. The molecule has 2 heteroatoms. The number of benzene rings is 1. The second-order valence-corrected chi connectivity index (χ2v) is 4.37. The van der Waals surface area contributed by atoms with Crippen LogP contribution in [0.1, 0.15) is 13.8 Å². The summed E-state index contributed by atoms with van der Waals surface area (Å²) in [6, 6.07) is 8.04. The fourth-order valence-corrected chi connectivity index (χ4v) is 1.68. The lowest BCUT2D eigenvalue weighted by Crippen LogP contribution is -1.90. The standard InChI is InChI=1S/C10H15NS/c1-8(2)7-12-10-5-3-9(11)4-6-10/h3-6,8H,7,11H2,1-2H3. The quantitative estimate of drug-likeness (QED) is 0.573. The minimum Gasteiger partial charge on any atom is -0.399 e. The molecule has 0 spiro atoms. The van der Waals surface area contributed by atoms with Crippen molar-refractivity contribution in [2.75, 3.05) is 11.5 Å². The van der Waals surface area contributed by atoms with Crippen molar-refractivity contribution in [3.63, 3.8) is 0 Å². The van der Waals surface area contributed by atoms with E-state index in [1.165, 1.54) is 10.6 Å². The molecular formula is C10H15NS. The largest absolute Gasteiger partial charge is 0.399 e. The van der Waals surface area contributed by atoms with E-state index in [0.717, 1.165) is 11.6 Å². The van der Waals surface area contributed by atoms with Crippen molar-refractivity contribution >= 4 is 17.4 Å². The number of hydrogen-bond acceptors (Lipinski definition) is 2. The highest BCUT2D eigenvalue weighted by Crippen LogP contribution is 2.21. The lowest BCUT2D eigenvalue weighted by atomic mass is 10.3. The molecule has 0 saturated carbocycles. The summed E-state index contributed by atoms with van der Waals surface area (Å²) < 4.78 is 0. The fourth-order valence-electron chi connectivity index (χ4n) is 0.827. The molecule has 2 N–H and O–H groups in total. The van der Waals surface area contributed by atoms with E-state index in [9.17, 15) is 0 Å². The summed E-state index contributed by atoms with van der Waals surface area (Å²) in [7, 11) is 0. The van der Waals surface area contributed by atoms with Crippen LogP contribution >= 0.6 is 11.8 Å². The summed E-state index contributed by atoms with van der Waals surface area (Å²) in [6.07, 6.45) is 0. The summed E-state index contributed by atoms with van der Waals surface area (Å²) in [5, 5.41) is 0.